The monoisotopic (exact) mass is 177 g/mol. The normalized spacial score (nSPS) is 29.8. The first-order chi connectivity index (χ1) is 6.43. The Balaban J connectivity index is 1.97. The predicted octanol–water partition coefficient (Wildman–Crippen LogP) is 1.77. The molecule has 1 saturated carbocycles. The van der Waals surface area contributed by atoms with E-state index in [1.54, 1.807) is 6.20 Å². The third kappa shape index (κ3) is 1.07. The summed E-state index contributed by atoms with van der Waals surface area (Å²) in [5.74, 6) is 1.45. The molecule has 0 saturated heterocycles. The molecule has 3 rings (SSSR count). The van der Waals surface area contributed by atoms with Crippen LogP contribution in [0.4, 0.5) is 0 Å². The zero-order valence-electron chi connectivity index (χ0n) is 7.27. The Bertz CT molecular complexity index is 295. The van der Waals surface area contributed by atoms with E-state index in [9.17, 15) is 0 Å². The second-order valence-electron chi connectivity index (χ2n) is 3.55. The zero-order valence-corrected chi connectivity index (χ0v) is 7.27. The molecule has 1 aliphatic heterocycles. The van der Waals surface area contributed by atoms with Gasteiger partial charge in [0.2, 0.25) is 0 Å². The SMILES string of the molecule is c1cnc2c(c1)O[C@H]1CCC[C@@H]1O2. The maximum atomic E-state index is 5.77. The van der Waals surface area contributed by atoms with E-state index in [4.69, 9.17) is 9.47 Å². The maximum Gasteiger partial charge on any atom is 0.257 e. The van der Waals surface area contributed by atoms with E-state index in [1.807, 2.05) is 12.1 Å². The third-order valence-electron chi connectivity index (χ3n) is 2.67. The van der Waals surface area contributed by atoms with Gasteiger partial charge in [-0.15, -0.1) is 0 Å². The molecule has 2 atom stereocenters. The molecule has 0 radical (unpaired) electrons. The minimum absolute atomic E-state index is 0.238. The van der Waals surface area contributed by atoms with Crippen molar-refractivity contribution < 1.29 is 9.47 Å². The highest BCUT2D eigenvalue weighted by molar-refractivity contribution is 5.34. The van der Waals surface area contributed by atoms with Crippen LogP contribution in [0, 0.1) is 0 Å². The fraction of sp³-hybridized carbons (Fsp3) is 0.500. The second-order valence-corrected chi connectivity index (χ2v) is 3.55. The molecule has 1 aromatic rings. The molecule has 0 bridgehead atoms. The van der Waals surface area contributed by atoms with Gasteiger partial charge < -0.3 is 9.47 Å². The highest BCUT2D eigenvalue weighted by Gasteiger charge is 2.35. The van der Waals surface area contributed by atoms with Crippen molar-refractivity contribution in [1.82, 2.24) is 4.98 Å². The number of hydrogen-bond acceptors (Lipinski definition) is 3. The smallest absolute Gasteiger partial charge is 0.257 e. The quantitative estimate of drug-likeness (QED) is 0.605. The number of fused-ring (bicyclic) bond motifs is 2. The van der Waals surface area contributed by atoms with E-state index >= 15 is 0 Å². The highest BCUT2D eigenvalue weighted by atomic mass is 16.6. The van der Waals surface area contributed by atoms with Crippen molar-refractivity contribution in [3.63, 3.8) is 0 Å². The summed E-state index contributed by atoms with van der Waals surface area (Å²) in [5, 5.41) is 0. The Morgan fingerprint density at radius 1 is 1.23 bits per heavy atom. The van der Waals surface area contributed by atoms with Crippen LogP contribution in [-0.2, 0) is 0 Å². The van der Waals surface area contributed by atoms with Crippen molar-refractivity contribution in [2.45, 2.75) is 31.5 Å². The Labute approximate surface area is 76.7 Å². The Kier molecular flexibility index (Phi) is 1.45. The molecule has 0 amide bonds. The molecular weight excluding hydrogens is 166 g/mol. The number of hydrogen-bond donors (Lipinski definition) is 0. The summed E-state index contributed by atoms with van der Waals surface area (Å²) in [4.78, 5) is 4.13. The third-order valence-corrected chi connectivity index (χ3v) is 2.67. The van der Waals surface area contributed by atoms with E-state index in [2.05, 4.69) is 4.98 Å². The first kappa shape index (κ1) is 7.18. The lowest BCUT2D eigenvalue weighted by molar-refractivity contribution is 0.0382. The fourth-order valence-corrected chi connectivity index (χ4v) is 2.02. The molecule has 3 nitrogen and oxygen atoms in total. The molecule has 1 aliphatic carbocycles. The number of ether oxygens (including phenoxy) is 2. The van der Waals surface area contributed by atoms with Gasteiger partial charge >= 0.3 is 0 Å². The summed E-state index contributed by atoms with van der Waals surface area (Å²) in [6.45, 7) is 0. The molecule has 0 unspecified atom stereocenters. The highest BCUT2D eigenvalue weighted by Crippen LogP contribution is 2.37. The standard InChI is InChI=1S/C10H11NO2/c1-3-7-8(4-1)13-10-9(12-7)5-2-6-11-10/h2,5-8H,1,3-4H2/t7-,8-/m0/s1. The van der Waals surface area contributed by atoms with Gasteiger partial charge in [0, 0.05) is 6.20 Å². The number of pyridine rings is 1. The van der Waals surface area contributed by atoms with Crippen LogP contribution in [0.1, 0.15) is 19.3 Å². The average molecular weight is 177 g/mol. The minimum atomic E-state index is 0.238. The van der Waals surface area contributed by atoms with Gasteiger partial charge in [0.25, 0.3) is 5.88 Å². The van der Waals surface area contributed by atoms with Crippen molar-refractivity contribution in [3.8, 4) is 11.6 Å². The lowest BCUT2D eigenvalue weighted by atomic mass is 10.2. The summed E-state index contributed by atoms with van der Waals surface area (Å²) in [5.41, 5.74) is 0. The topological polar surface area (TPSA) is 31.4 Å². The van der Waals surface area contributed by atoms with E-state index in [-0.39, 0.29) is 12.2 Å². The van der Waals surface area contributed by atoms with Gasteiger partial charge in [0.1, 0.15) is 12.2 Å². The van der Waals surface area contributed by atoms with Crippen LogP contribution >= 0.6 is 0 Å². The average Bonchev–Trinajstić information content (AvgIpc) is 2.61. The summed E-state index contributed by atoms with van der Waals surface area (Å²) >= 11 is 0. The van der Waals surface area contributed by atoms with E-state index in [1.165, 1.54) is 6.42 Å². The Morgan fingerprint density at radius 3 is 3.00 bits per heavy atom. The first-order valence-corrected chi connectivity index (χ1v) is 4.72. The second kappa shape index (κ2) is 2.62. The molecule has 1 aromatic heterocycles. The van der Waals surface area contributed by atoms with Crippen LogP contribution in [0.2, 0.25) is 0 Å². The van der Waals surface area contributed by atoms with Crippen LogP contribution in [-0.4, -0.2) is 17.2 Å². The van der Waals surface area contributed by atoms with E-state index in [0.29, 0.717) is 5.88 Å². The molecule has 68 valence electrons. The molecule has 0 N–H and O–H groups in total. The fourth-order valence-electron chi connectivity index (χ4n) is 2.02. The molecule has 0 spiro atoms. The van der Waals surface area contributed by atoms with Crippen LogP contribution in [0.25, 0.3) is 0 Å². The van der Waals surface area contributed by atoms with Gasteiger partial charge in [-0.05, 0) is 31.4 Å². The summed E-state index contributed by atoms with van der Waals surface area (Å²) in [6, 6.07) is 3.79. The molecular formula is C10H11NO2. The van der Waals surface area contributed by atoms with Crippen LogP contribution in [0.15, 0.2) is 18.3 Å². The lowest BCUT2D eigenvalue weighted by Crippen LogP contribution is -2.35. The van der Waals surface area contributed by atoms with Gasteiger partial charge in [-0.25, -0.2) is 4.98 Å². The Hall–Kier alpha value is -1.25. The van der Waals surface area contributed by atoms with E-state index in [0.717, 1.165) is 18.6 Å². The van der Waals surface area contributed by atoms with Gasteiger partial charge in [-0.3, -0.25) is 0 Å². The van der Waals surface area contributed by atoms with Gasteiger partial charge in [-0.2, -0.15) is 0 Å². The summed E-state index contributed by atoms with van der Waals surface area (Å²) in [6.07, 6.45) is 5.64. The minimum Gasteiger partial charge on any atom is -0.481 e. The molecule has 0 aromatic carbocycles. The lowest BCUT2D eigenvalue weighted by Gasteiger charge is -2.28. The van der Waals surface area contributed by atoms with Gasteiger partial charge in [-0.1, -0.05) is 0 Å². The first-order valence-electron chi connectivity index (χ1n) is 4.72. The van der Waals surface area contributed by atoms with Crippen molar-refractivity contribution in [2.75, 3.05) is 0 Å². The van der Waals surface area contributed by atoms with Gasteiger partial charge in [0.15, 0.2) is 5.75 Å². The van der Waals surface area contributed by atoms with Crippen LogP contribution < -0.4 is 9.47 Å². The van der Waals surface area contributed by atoms with Crippen LogP contribution in [0.5, 0.6) is 11.6 Å². The molecule has 1 fully saturated rings. The predicted molar refractivity (Wildman–Crippen MR) is 46.9 cm³/mol. The maximum absolute atomic E-state index is 5.77. The number of aromatic nitrogens is 1. The largest absolute Gasteiger partial charge is 0.481 e. The van der Waals surface area contributed by atoms with E-state index < -0.39 is 0 Å². The van der Waals surface area contributed by atoms with Crippen LogP contribution in [0.3, 0.4) is 0 Å². The summed E-state index contributed by atoms with van der Waals surface area (Å²) < 4.78 is 11.5. The van der Waals surface area contributed by atoms with Gasteiger partial charge in [0.05, 0.1) is 0 Å². The molecule has 2 aliphatic rings. The molecule has 3 heteroatoms. The molecule has 2 heterocycles. The molecule has 13 heavy (non-hydrogen) atoms. The zero-order chi connectivity index (χ0) is 8.67. The van der Waals surface area contributed by atoms with Crippen molar-refractivity contribution >= 4 is 0 Å². The number of nitrogens with zero attached hydrogens (tertiary/aromatic N) is 1. The van der Waals surface area contributed by atoms with Crippen molar-refractivity contribution in [1.29, 1.82) is 0 Å². The number of rotatable bonds is 0. The van der Waals surface area contributed by atoms with Crippen molar-refractivity contribution in [2.24, 2.45) is 0 Å². The Morgan fingerprint density at radius 2 is 2.08 bits per heavy atom. The summed E-state index contributed by atoms with van der Waals surface area (Å²) in [7, 11) is 0. The van der Waals surface area contributed by atoms with Crippen molar-refractivity contribution in [3.05, 3.63) is 18.3 Å².